The molecular formula is C10H12BrClN4O3S. The van der Waals surface area contributed by atoms with Crippen LogP contribution in [0.25, 0.3) is 0 Å². The summed E-state index contributed by atoms with van der Waals surface area (Å²) in [6, 6.07) is 0. The maximum absolute atomic E-state index is 11.9. The second kappa shape index (κ2) is 5.55. The molecule has 1 amide bonds. The number of aryl methyl sites for hydroxylation is 1. The summed E-state index contributed by atoms with van der Waals surface area (Å²) >= 11 is 9.17. The van der Waals surface area contributed by atoms with Crippen molar-refractivity contribution < 1.29 is 13.2 Å². The lowest BCUT2D eigenvalue weighted by atomic mass is 10.1. The topological polar surface area (TPSA) is 106 Å². The molecule has 1 fully saturated rings. The minimum absolute atomic E-state index is 0.104. The first-order chi connectivity index (χ1) is 9.17. The predicted molar refractivity (Wildman–Crippen MR) is 77.9 cm³/mol. The van der Waals surface area contributed by atoms with Crippen LogP contribution in [-0.2, 0) is 14.8 Å². The van der Waals surface area contributed by atoms with Gasteiger partial charge in [-0.05, 0) is 22.9 Å². The molecule has 1 unspecified atom stereocenters. The van der Waals surface area contributed by atoms with Gasteiger partial charge < -0.3 is 0 Å². The van der Waals surface area contributed by atoms with Crippen molar-refractivity contribution in [1.82, 2.24) is 9.97 Å². The summed E-state index contributed by atoms with van der Waals surface area (Å²) in [5.74, 6) is -0.656. The highest BCUT2D eigenvalue weighted by Crippen LogP contribution is 2.28. The van der Waals surface area contributed by atoms with Gasteiger partial charge in [0.25, 0.3) is 0 Å². The molecule has 0 spiro atoms. The summed E-state index contributed by atoms with van der Waals surface area (Å²) in [6.07, 6.45) is 0.104. The fourth-order valence-electron chi connectivity index (χ4n) is 2.05. The number of nitrogens with zero attached hydrogens (tertiary/aromatic N) is 3. The lowest BCUT2D eigenvalue weighted by Crippen LogP contribution is -2.29. The van der Waals surface area contributed by atoms with E-state index in [1.807, 2.05) is 0 Å². The maximum Gasteiger partial charge on any atom is 0.233 e. The summed E-state index contributed by atoms with van der Waals surface area (Å²) in [4.78, 5) is 21.5. The molecule has 0 saturated carbocycles. The maximum atomic E-state index is 11.9. The molecule has 2 N–H and O–H groups in total. The average Bonchev–Trinajstić information content (AvgIpc) is 2.63. The van der Waals surface area contributed by atoms with E-state index in [9.17, 15) is 13.2 Å². The Labute approximate surface area is 129 Å². The molecule has 1 atom stereocenters. The van der Waals surface area contributed by atoms with Crippen molar-refractivity contribution in [2.75, 3.05) is 17.2 Å². The Balaban J connectivity index is 2.24. The number of aromatic nitrogens is 2. The number of carbonyl (C=O) groups is 1. The van der Waals surface area contributed by atoms with Gasteiger partial charge in [0, 0.05) is 18.9 Å². The standard InChI is InChI=1S/C10H12BrClN4O3S/c1-5-8(11)9(12)15-10(14-5)16-3-6(2-7(16)17)4-20(13,18)19/h6H,2-4H2,1H3,(H2,13,18,19). The van der Waals surface area contributed by atoms with E-state index in [0.717, 1.165) is 0 Å². The Morgan fingerprint density at radius 2 is 2.15 bits per heavy atom. The van der Waals surface area contributed by atoms with Gasteiger partial charge >= 0.3 is 0 Å². The fourth-order valence-corrected chi connectivity index (χ4v) is 3.32. The number of rotatable bonds is 3. The first-order valence-electron chi connectivity index (χ1n) is 5.68. The zero-order chi connectivity index (χ0) is 15.1. The van der Waals surface area contributed by atoms with Crippen molar-refractivity contribution in [3.05, 3.63) is 15.3 Å². The minimum Gasteiger partial charge on any atom is -0.280 e. The van der Waals surface area contributed by atoms with E-state index in [4.69, 9.17) is 16.7 Å². The molecule has 0 aromatic carbocycles. The zero-order valence-corrected chi connectivity index (χ0v) is 13.7. The molecule has 110 valence electrons. The molecule has 10 heteroatoms. The van der Waals surface area contributed by atoms with Crippen molar-refractivity contribution in [1.29, 1.82) is 0 Å². The van der Waals surface area contributed by atoms with E-state index in [1.54, 1.807) is 6.92 Å². The second-order valence-electron chi connectivity index (χ2n) is 4.62. The monoisotopic (exact) mass is 382 g/mol. The van der Waals surface area contributed by atoms with Crippen molar-refractivity contribution in [3.8, 4) is 0 Å². The van der Waals surface area contributed by atoms with E-state index < -0.39 is 10.0 Å². The summed E-state index contributed by atoms with van der Waals surface area (Å²) in [5, 5.41) is 5.20. The third kappa shape index (κ3) is 3.46. The number of hydrogen-bond acceptors (Lipinski definition) is 5. The minimum atomic E-state index is -3.61. The number of sulfonamides is 1. The Hall–Kier alpha value is -0.770. The van der Waals surface area contributed by atoms with Gasteiger partial charge in [-0.25, -0.2) is 18.5 Å². The summed E-state index contributed by atoms with van der Waals surface area (Å²) in [6.45, 7) is 1.94. The summed E-state index contributed by atoms with van der Waals surface area (Å²) in [5.41, 5.74) is 0.600. The van der Waals surface area contributed by atoms with Crippen molar-refractivity contribution >= 4 is 49.4 Å². The van der Waals surface area contributed by atoms with Crippen LogP contribution in [0.4, 0.5) is 5.95 Å². The first kappa shape index (κ1) is 15.6. The number of anilines is 1. The number of amides is 1. The van der Waals surface area contributed by atoms with Gasteiger partial charge in [-0.1, -0.05) is 11.6 Å². The van der Waals surface area contributed by atoms with Gasteiger partial charge in [0.15, 0.2) is 0 Å². The van der Waals surface area contributed by atoms with Crippen molar-refractivity contribution in [3.63, 3.8) is 0 Å². The van der Waals surface area contributed by atoms with Crippen LogP contribution in [0.5, 0.6) is 0 Å². The smallest absolute Gasteiger partial charge is 0.233 e. The van der Waals surface area contributed by atoms with Gasteiger partial charge in [0.05, 0.1) is 15.9 Å². The van der Waals surface area contributed by atoms with Gasteiger partial charge in [-0.3, -0.25) is 9.69 Å². The van der Waals surface area contributed by atoms with Gasteiger partial charge in [0.1, 0.15) is 5.15 Å². The summed E-state index contributed by atoms with van der Waals surface area (Å²) < 4.78 is 22.7. The summed E-state index contributed by atoms with van der Waals surface area (Å²) in [7, 11) is -3.61. The van der Waals surface area contributed by atoms with Crippen LogP contribution in [0.3, 0.4) is 0 Å². The molecular weight excluding hydrogens is 372 g/mol. The zero-order valence-electron chi connectivity index (χ0n) is 10.5. The first-order valence-corrected chi connectivity index (χ1v) is 8.56. The van der Waals surface area contributed by atoms with Crippen LogP contribution in [0.2, 0.25) is 5.15 Å². The average molecular weight is 384 g/mol. The van der Waals surface area contributed by atoms with Gasteiger partial charge in [-0.2, -0.15) is 4.98 Å². The highest BCUT2D eigenvalue weighted by Gasteiger charge is 2.34. The molecule has 20 heavy (non-hydrogen) atoms. The number of halogens is 2. The highest BCUT2D eigenvalue weighted by molar-refractivity contribution is 9.10. The second-order valence-corrected chi connectivity index (χ2v) is 7.43. The van der Waals surface area contributed by atoms with Crippen LogP contribution < -0.4 is 10.0 Å². The predicted octanol–water partition coefficient (Wildman–Crippen LogP) is 0.842. The van der Waals surface area contributed by atoms with Crippen LogP contribution >= 0.6 is 27.5 Å². The van der Waals surface area contributed by atoms with E-state index in [2.05, 4.69) is 25.9 Å². The Bertz CT molecular complexity index is 643. The Kier molecular flexibility index (Phi) is 4.33. The fraction of sp³-hybridized carbons (Fsp3) is 0.500. The highest BCUT2D eigenvalue weighted by atomic mass is 79.9. The molecule has 0 radical (unpaired) electrons. The molecule has 0 aliphatic carbocycles. The molecule has 1 saturated heterocycles. The third-order valence-electron chi connectivity index (χ3n) is 2.88. The van der Waals surface area contributed by atoms with Crippen molar-refractivity contribution in [2.45, 2.75) is 13.3 Å². The number of nitrogens with two attached hydrogens (primary N) is 1. The van der Waals surface area contributed by atoms with E-state index in [1.165, 1.54) is 4.90 Å². The van der Waals surface area contributed by atoms with Crippen molar-refractivity contribution in [2.24, 2.45) is 11.1 Å². The Morgan fingerprint density at radius 3 is 2.70 bits per heavy atom. The quantitative estimate of drug-likeness (QED) is 0.779. The van der Waals surface area contributed by atoms with Gasteiger partial charge in [-0.15, -0.1) is 0 Å². The lowest BCUT2D eigenvalue weighted by Gasteiger charge is -2.15. The molecule has 1 aromatic rings. The van der Waals surface area contributed by atoms with Crippen LogP contribution in [0, 0.1) is 12.8 Å². The normalized spacial score (nSPS) is 19.7. The van der Waals surface area contributed by atoms with E-state index in [-0.39, 0.29) is 41.6 Å². The lowest BCUT2D eigenvalue weighted by molar-refractivity contribution is -0.117. The molecule has 1 aliphatic rings. The van der Waals surface area contributed by atoms with E-state index in [0.29, 0.717) is 10.2 Å². The Morgan fingerprint density at radius 1 is 1.50 bits per heavy atom. The largest absolute Gasteiger partial charge is 0.280 e. The molecule has 0 bridgehead atoms. The molecule has 7 nitrogen and oxygen atoms in total. The van der Waals surface area contributed by atoms with Crippen LogP contribution in [0.1, 0.15) is 12.1 Å². The third-order valence-corrected chi connectivity index (χ3v) is 5.27. The van der Waals surface area contributed by atoms with Gasteiger partial charge in [0.2, 0.25) is 21.9 Å². The van der Waals surface area contributed by atoms with Crippen LogP contribution in [0.15, 0.2) is 4.47 Å². The SMILES string of the molecule is Cc1nc(N2CC(CS(N)(=O)=O)CC2=O)nc(Cl)c1Br. The molecule has 2 heterocycles. The number of carbonyl (C=O) groups excluding carboxylic acids is 1. The number of primary sulfonamides is 1. The molecule has 1 aliphatic heterocycles. The van der Waals surface area contributed by atoms with E-state index >= 15 is 0 Å². The van der Waals surface area contributed by atoms with Crippen LogP contribution in [-0.4, -0.2) is 36.6 Å². The number of hydrogen-bond donors (Lipinski definition) is 1. The molecule has 1 aromatic heterocycles. The molecule has 2 rings (SSSR count).